The molecule has 2 amide bonds. The number of thioether (sulfide) groups is 1. The number of ether oxygens (including phenoxy) is 1. The van der Waals surface area contributed by atoms with Crippen molar-refractivity contribution >= 4 is 29.5 Å². The Kier molecular flexibility index (Phi) is 6.64. The summed E-state index contributed by atoms with van der Waals surface area (Å²) in [6, 6.07) is 12.3. The minimum absolute atomic E-state index is 0.251. The molecule has 0 saturated carbocycles. The molecule has 1 aromatic carbocycles. The van der Waals surface area contributed by atoms with Crippen LogP contribution in [0.5, 0.6) is 0 Å². The number of hydrogen-bond acceptors (Lipinski definition) is 6. The summed E-state index contributed by atoms with van der Waals surface area (Å²) in [5.41, 5.74) is 0.984. The van der Waals surface area contributed by atoms with Crippen molar-refractivity contribution in [3.8, 4) is 0 Å². The SMILES string of the molecule is CC(=O)N1[C@@H](c2ccco2)SC[C@H]1C(=O)O[C@H](C)C(=O)N(C)Cc1ccccc1. The third kappa shape index (κ3) is 4.82. The molecule has 154 valence electrons. The molecule has 1 fully saturated rings. The standard InChI is InChI=1S/C21H24N2O5S/c1-14(19(25)22(3)12-16-8-5-4-6-9-16)28-21(26)17-13-29-20(23(17)15(2)24)18-10-7-11-27-18/h4-11,14,17,20H,12-13H2,1-3H3/t14-,17+,20-/m1/s1. The summed E-state index contributed by atoms with van der Waals surface area (Å²) in [6.07, 6.45) is 0.584. The summed E-state index contributed by atoms with van der Waals surface area (Å²) >= 11 is 1.43. The van der Waals surface area contributed by atoms with Gasteiger partial charge in [0.2, 0.25) is 5.91 Å². The molecule has 3 rings (SSSR count). The number of rotatable bonds is 6. The first-order valence-corrected chi connectivity index (χ1v) is 10.4. The maximum absolute atomic E-state index is 12.7. The molecule has 0 bridgehead atoms. The second-order valence-corrected chi connectivity index (χ2v) is 8.02. The maximum atomic E-state index is 12.7. The van der Waals surface area contributed by atoms with E-state index >= 15 is 0 Å². The summed E-state index contributed by atoms with van der Waals surface area (Å²) in [7, 11) is 1.67. The summed E-state index contributed by atoms with van der Waals surface area (Å²) in [5, 5.41) is -0.383. The highest BCUT2D eigenvalue weighted by Gasteiger charge is 2.43. The van der Waals surface area contributed by atoms with Crippen molar-refractivity contribution in [3.05, 3.63) is 60.1 Å². The van der Waals surface area contributed by atoms with Gasteiger partial charge >= 0.3 is 5.97 Å². The molecule has 0 unspecified atom stereocenters. The van der Waals surface area contributed by atoms with Gasteiger partial charge in [-0.25, -0.2) is 4.79 Å². The Morgan fingerprint density at radius 2 is 1.97 bits per heavy atom. The van der Waals surface area contributed by atoms with Gasteiger partial charge in [-0.15, -0.1) is 11.8 Å². The molecule has 0 spiro atoms. The predicted molar refractivity (Wildman–Crippen MR) is 109 cm³/mol. The van der Waals surface area contributed by atoms with E-state index in [1.807, 2.05) is 30.3 Å². The first-order chi connectivity index (χ1) is 13.9. The van der Waals surface area contributed by atoms with Crippen LogP contribution in [0.25, 0.3) is 0 Å². The topological polar surface area (TPSA) is 80.1 Å². The number of carbonyl (C=O) groups is 3. The van der Waals surface area contributed by atoms with Crippen LogP contribution in [0.2, 0.25) is 0 Å². The monoisotopic (exact) mass is 416 g/mol. The molecule has 2 heterocycles. The zero-order valence-corrected chi connectivity index (χ0v) is 17.4. The van der Waals surface area contributed by atoms with Gasteiger partial charge in [0.15, 0.2) is 6.10 Å². The van der Waals surface area contributed by atoms with Crippen LogP contribution >= 0.6 is 11.8 Å². The van der Waals surface area contributed by atoms with Crippen LogP contribution in [0, 0.1) is 0 Å². The van der Waals surface area contributed by atoms with E-state index < -0.39 is 18.1 Å². The van der Waals surface area contributed by atoms with E-state index in [4.69, 9.17) is 9.15 Å². The van der Waals surface area contributed by atoms with E-state index in [0.29, 0.717) is 18.1 Å². The minimum atomic E-state index is -0.947. The second-order valence-electron chi connectivity index (χ2n) is 6.90. The first kappa shape index (κ1) is 21.0. The van der Waals surface area contributed by atoms with E-state index in [9.17, 15) is 14.4 Å². The molecule has 2 aromatic rings. The maximum Gasteiger partial charge on any atom is 0.330 e. The summed E-state index contributed by atoms with van der Waals surface area (Å²) in [5.74, 6) is -0.156. The molecule has 1 aromatic heterocycles. The van der Waals surface area contributed by atoms with Gasteiger partial charge in [-0.05, 0) is 24.6 Å². The van der Waals surface area contributed by atoms with Gasteiger partial charge in [-0.1, -0.05) is 30.3 Å². The number of furan rings is 1. The molecular formula is C21H24N2O5S. The fourth-order valence-electron chi connectivity index (χ4n) is 3.27. The van der Waals surface area contributed by atoms with Crippen molar-refractivity contribution < 1.29 is 23.5 Å². The lowest BCUT2D eigenvalue weighted by atomic mass is 10.2. The van der Waals surface area contributed by atoms with Gasteiger partial charge in [0.25, 0.3) is 5.91 Å². The van der Waals surface area contributed by atoms with Crippen molar-refractivity contribution in [2.75, 3.05) is 12.8 Å². The van der Waals surface area contributed by atoms with E-state index in [-0.39, 0.29) is 17.2 Å². The lowest BCUT2D eigenvalue weighted by Gasteiger charge is -2.27. The van der Waals surface area contributed by atoms with Crippen molar-refractivity contribution in [1.82, 2.24) is 9.80 Å². The first-order valence-electron chi connectivity index (χ1n) is 9.31. The van der Waals surface area contributed by atoms with Gasteiger partial charge in [0.1, 0.15) is 17.2 Å². The lowest BCUT2D eigenvalue weighted by molar-refractivity contribution is -0.164. The van der Waals surface area contributed by atoms with Gasteiger partial charge < -0.3 is 19.0 Å². The molecule has 1 aliphatic heterocycles. The Labute approximate surface area is 174 Å². The van der Waals surface area contributed by atoms with Crippen LogP contribution < -0.4 is 0 Å². The normalized spacial score (nSPS) is 19.6. The van der Waals surface area contributed by atoms with Crippen molar-refractivity contribution in [3.63, 3.8) is 0 Å². The number of hydrogen-bond donors (Lipinski definition) is 0. The molecule has 1 saturated heterocycles. The third-order valence-corrected chi connectivity index (χ3v) is 5.99. The number of benzene rings is 1. The third-order valence-electron chi connectivity index (χ3n) is 4.70. The van der Waals surface area contributed by atoms with Crippen molar-refractivity contribution in [2.45, 2.75) is 37.9 Å². The molecule has 1 aliphatic rings. The van der Waals surface area contributed by atoms with Crippen LogP contribution in [0.3, 0.4) is 0 Å². The molecule has 8 heteroatoms. The number of carbonyl (C=O) groups excluding carboxylic acids is 3. The highest BCUT2D eigenvalue weighted by atomic mass is 32.2. The quantitative estimate of drug-likeness (QED) is 0.674. The average Bonchev–Trinajstić information content (AvgIpc) is 3.37. The lowest BCUT2D eigenvalue weighted by Crippen LogP contribution is -2.45. The van der Waals surface area contributed by atoms with Gasteiger partial charge in [-0.3, -0.25) is 9.59 Å². The highest BCUT2D eigenvalue weighted by molar-refractivity contribution is 7.99. The number of amides is 2. The Morgan fingerprint density at radius 1 is 1.24 bits per heavy atom. The van der Waals surface area contributed by atoms with Gasteiger partial charge in [-0.2, -0.15) is 0 Å². The van der Waals surface area contributed by atoms with Gasteiger partial charge in [0, 0.05) is 26.3 Å². The Morgan fingerprint density at radius 3 is 2.59 bits per heavy atom. The minimum Gasteiger partial charge on any atom is -0.466 e. The van der Waals surface area contributed by atoms with Crippen LogP contribution in [0.15, 0.2) is 53.1 Å². The Balaban J connectivity index is 1.62. The molecule has 0 N–H and O–H groups in total. The van der Waals surface area contributed by atoms with Crippen LogP contribution in [0.4, 0.5) is 0 Å². The molecule has 3 atom stereocenters. The summed E-state index contributed by atoms with van der Waals surface area (Å²) in [6.45, 7) is 3.37. The smallest absolute Gasteiger partial charge is 0.330 e. The Hall–Kier alpha value is -2.74. The molecule has 0 radical (unpaired) electrons. The van der Waals surface area contributed by atoms with Crippen LogP contribution in [-0.2, 0) is 25.7 Å². The number of esters is 1. The van der Waals surface area contributed by atoms with Gasteiger partial charge in [0.05, 0.1) is 6.26 Å². The fraction of sp³-hybridized carbons (Fsp3) is 0.381. The van der Waals surface area contributed by atoms with E-state index in [1.165, 1.54) is 34.7 Å². The second kappa shape index (κ2) is 9.17. The number of likely N-dealkylation sites (N-methyl/N-ethyl adjacent to an activating group) is 1. The zero-order chi connectivity index (χ0) is 21.0. The molecular weight excluding hydrogens is 392 g/mol. The van der Waals surface area contributed by atoms with Crippen LogP contribution in [0.1, 0.15) is 30.5 Å². The van der Waals surface area contributed by atoms with Crippen molar-refractivity contribution in [2.24, 2.45) is 0 Å². The summed E-state index contributed by atoms with van der Waals surface area (Å²) in [4.78, 5) is 40.5. The molecule has 7 nitrogen and oxygen atoms in total. The highest BCUT2D eigenvalue weighted by Crippen LogP contribution is 2.41. The van der Waals surface area contributed by atoms with Crippen molar-refractivity contribution in [1.29, 1.82) is 0 Å². The largest absolute Gasteiger partial charge is 0.466 e. The van der Waals surface area contributed by atoms with E-state index in [2.05, 4.69) is 0 Å². The van der Waals surface area contributed by atoms with E-state index in [0.717, 1.165) is 5.56 Å². The zero-order valence-electron chi connectivity index (χ0n) is 16.6. The van der Waals surface area contributed by atoms with Crippen LogP contribution in [-0.4, -0.2) is 52.5 Å². The summed E-state index contributed by atoms with van der Waals surface area (Å²) < 4.78 is 10.8. The molecule has 29 heavy (non-hydrogen) atoms. The van der Waals surface area contributed by atoms with E-state index in [1.54, 1.807) is 26.1 Å². The Bertz CT molecular complexity index is 855. The molecule has 0 aliphatic carbocycles. The fourth-order valence-corrected chi connectivity index (χ4v) is 4.69. The average molecular weight is 416 g/mol. The number of nitrogens with zero attached hydrogens (tertiary/aromatic N) is 2. The predicted octanol–water partition coefficient (Wildman–Crippen LogP) is 2.83.